The standard InChI is InChI=1S/C15H12ClNO4S/c1-2-22(18,19)21-14-9-10(16)7-8-11(14)15-17-12-5-3-4-6-13(12)20-15/h3-9H,2H2,1H3. The third kappa shape index (κ3) is 2.93. The normalized spacial score (nSPS) is 11.7. The van der Waals surface area contributed by atoms with Gasteiger partial charge in [-0.25, -0.2) is 4.98 Å². The Hall–Kier alpha value is -2.05. The van der Waals surface area contributed by atoms with Crippen LogP contribution in [-0.4, -0.2) is 19.2 Å². The fourth-order valence-electron chi connectivity index (χ4n) is 1.92. The number of aromatic nitrogens is 1. The molecule has 0 aliphatic heterocycles. The molecule has 0 unspecified atom stereocenters. The highest BCUT2D eigenvalue weighted by atomic mass is 35.5. The van der Waals surface area contributed by atoms with Crippen LogP contribution in [0.2, 0.25) is 5.02 Å². The smallest absolute Gasteiger partial charge is 0.308 e. The summed E-state index contributed by atoms with van der Waals surface area (Å²) in [6.07, 6.45) is 0. The second-order valence-corrected chi connectivity index (χ2v) is 6.85. The van der Waals surface area contributed by atoms with Crippen LogP contribution in [0.25, 0.3) is 22.6 Å². The molecule has 0 aliphatic rings. The van der Waals surface area contributed by atoms with Crippen molar-refractivity contribution in [3.63, 3.8) is 0 Å². The van der Waals surface area contributed by atoms with Crippen molar-refractivity contribution in [2.75, 3.05) is 5.75 Å². The maximum atomic E-state index is 11.7. The van der Waals surface area contributed by atoms with Crippen molar-refractivity contribution < 1.29 is 17.0 Å². The second kappa shape index (κ2) is 5.62. The van der Waals surface area contributed by atoms with Crippen LogP contribution in [0.5, 0.6) is 5.75 Å². The maximum Gasteiger partial charge on any atom is 0.308 e. The SMILES string of the molecule is CCS(=O)(=O)Oc1cc(Cl)ccc1-c1nc2ccccc2o1. The summed E-state index contributed by atoms with van der Waals surface area (Å²) in [4.78, 5) is 4.34. The lowest BCUT2D eigenvalue weighted by atomic mass is 10.2. The summed E-state index contributed by atoms with van der Waals surface area (Å²) >= 11 is 5.93. The minimum Gasteiger partial charge on any atom is -0.436 e. The summed E-state index contributed by atoms with van der Waals surface area (Å²) in [7, 11) is -3.68. The monoisotopic (exact) mass is 337 g/mol. The predicted octanol–water partition coefficient (Wildman–Crippen LogP) is 3.88. The lowest BCUT2D eigenvalue weighted by Gasteiger charge is -2.08. The molecule has 0 fully saturated rings. The van der Waals surface area contributed by atoms with Gasteiger partial charge in [-0.15, -0.1) is 0 Å². The number of hydrogen-bond acceptors (Lipinski definition) is 5. The second-order valence-electron chi connectivity index (χ2n) is 4.56. The van der Waals surface area contributed by atoms with E-state index in [1.807, 2.05) is 18.2 Å². The molecule has 0 N–H and O–H groups in total. The van der Waals surface area contributed by atoms with Crippen LogP contribution in [0.15, 0.2) is 46.9 Å². The highest BCUT2D eigenvalue weighted by Crippen LogP contribution is 2.34. The van der Waals surface area contributed by atoms with Gasteiger partial charge in [-0.2, -0.15) is 8.42 Å². The zero-order valence-electron chi connectivity index (χ0n) is 11.6. The number of benzene rings is 2. The molecule has 0 bridgehead atoms. The van der Waals surface area contributed by atoms with Crippen LogP contribution in [0.4, 0.5) is 0 Å². The van der Waals surface area contributed by atoms with E-state index in [4.69, 9.17) is 20.2 Å². The molecule has 0 saturated heterocycles. The number of nitrogens with zero attached hydrogens (tertiary/aromatic N) is 1. The van der Waals surface area contributed by atoms with E-state index in [9.17, 15) is 8.42 Å². The van der Waals surface area contributed by atoms with E-state index in [2.05, 4.69) is 4.98 Å². The molecule has 3 rings (SSSR count). The Morgan fingerprint density at radius 1 is 1.23 bits per heavy atom. The van der Waals surface area contributed by atoms with Crippen LogP contribution in [0.3, 0.4) is 0 Å². The quantitative estimate of drug-likeness (QED) is 0.676. The van der Waals surface area contributed by atoms with Crippen LogP contribution in [0.1, 0.15) is 6.92 Å². The Bertz CT molecular complexity index is 901. The zero-order valence-corrected chi connectivity index (χ0v) is 13.2. The van der Waals surface area contributed by atoms with Gasteiger partial charge in [-0.05, 0) is 31.2 Å². The number of halogens is 1. The van der Waals surface area contributed by atoms with Gasteiger partial charge in [0.25, 0.3) is 0 Å². The average Bonchev–Trinajstić information content (AvgIpc) is 2.90. The van der Waals surface area contributed by atoms with Crippen molar-refractivity contribution in [3.05, 3.63) is 47.5 Å². The molecule has 2 aromatic carbocycles. The number of oxazole rings is 1. The predicted molar refractivity (Wildman–Crippen MR) is 84.5 cm³/mol. The van der Waals surface area contributed by atoms with E-state index in [0.29, 0.717) is 21.7 Å². The molecular formula is C15H12ClNO4S. The van der Waals surface area contributed by atoms with Crippen LogP contribution >= 0.6 is 11.6 Å². The molecule has 114 valence electrons. The third-order valence-electron chi connectivity index (χ3n) is 3.04. The van der Waals surface area contributed by atoms with E-state index in [0.717, 1.165) is 0 Å². The van der Waals surface area contributed by atoms with Crippen molar-refractivity contribution in [2.24, 2.45) is 0 Å². The first-order chi connectivity index (χ1) is 10.5. The highest BCUT2D eigenvalue weighted by molar-refractivity contribution is 7.87. The van der Waals surface area contributed by atoms with Crippen LogP contribution < -0.4 is 4.18 Å². The van der Waals surface area contributed by atoms with E-state index < -0.39 is 10.1 Å². The molecule has 7 heteroatoms. The van der Waals surface area contributed by atoms with Gasteiger partial charge in [0, 0.05) is 11.1 Å². The van der Waals surface area contributed by atoms with Crippen molar-refractivity contribution in [3.8, 4) is 17.2 Å². The number of rotatable bonds is 4. The maximum absolute atomic E-state index is 11.7. The van der Waals surface area contributed by atoms with E-state index in [1.54, 1.807) is 18.2 Å². The molecular weight excluding hydrogens is 326 g/mol. The first-order valence-electron chi connectivity index (χ1n) is 6.56. The van der Waals surface area contributed by atoms with Gasteiger partial charge in [0.1, 0.15) is 5.52 Å². The fraction of sp³-hybridized carbons (Fsp3) is 0.133. The molecule has 1 heterocycles. The molecule has 0 radical (unpaired) electrons. The Labute approximate surface area is 132 Å². The van der Waals surface area contributed by atoms with E-state index in [1.165, 1.54) is 13.0 Å². The van der Waals surface area contributed by atoms with Crippen LogP contribution in [0, 0.1) is 0 Å². The number of para-hydroxylation sites is 2. The molecule has 1 aromatic heterocycles. The molecule has 0 aliphatic carbocycles. The number of fused-ring (bicyclic) bond motifs is 1. The summed E-state index contributed by atoms with van der Waals surface area (Å²) in [6, 6.07) is 11.9. The minimum atomic E-state index is -3.68. The van der Waals surface area contributed by atoms with Gasteiger partial charge in [-0.1, -0.05) is 23.7 Å². The summed E-state index contributed by atoms with van der Waals surface area (Å²) in [5, 5.41) is 0.362. The summed E-state index contributed by atoms with van der Waals surface area (Å²) in [6.45, 7) is 1.50. The van der Waals surface area contributed by atoms with Crippen LogP contribution in [-0.2, 0) is 10.1 Å². The Balaban J connectivity index is 2.13. The minimum absolute atomic E-state index is 0.0981. The third-order valence-corrected chi connectivity index (χ3v) is 4.41. The highest BCUT2D eigenvalue weighted by Gasteiger charge is 2.18. The van der Waals surface area contributed by atoms with Gasteiger partial charge in [0.2, 0.25) is 5.89 Å². The molecule has 0 spiro atoms. The van der Waals surface area contributed by atoms with Gasteiger partial charge < -0.3 is 8.60 Å². The zero-order chi connectivity index (χ0) is 15.7. The lowest BCUT2D eigenvalue weighted by molar-refractivity contribution is 0.487. The molecule has 0 saturated carbocycles. The van der Waals surface area contributed by atoms with E-state index >= 15 is 0 Å². The fourth-order valence-corrected chi connectivity index (χ4v) is 2.62. The Kier molecular flexibility index (Phi) is 3.80. The van der Waals surface area contributed by atoms with Crippen molar-refractivity contribution in [2.45, 2.75) is 6.92 Å². The molecule has 3 aromatic rings. The first-order valence-corrected chi connectivity index (χ1v) is 8.52. The van der Waals surface area contributed by atoms with Gasteiger partial charge in [0.15, 0.2) is 11.3 Å². The van der Waals surface area contributed by atoms with Crippen molar-refractivity contribution in [1.82, 2.24) is 4.98 Å². The summed E-state index contributed by atoms with van der Waals surface area (Å²) in [5.41, 5.74) is 1.71. The molecule has 0 amide bonds. The lowest BCUT2D eigenvalue weighted by Crippen LogP contribution is -2.12. The number of hydrogen-bond donors (Lipinski definition) is 0. The Morgan fingerprint density at radius 2 is 2.00 bits per heavy atom. The van der Waals surface area contributed by atoms with Gasteiger partial charge in [0.05, 0.1) is 11.3 Å². The van der Waals surface area contributed by atoms with Crippen molar-refractivity contribution >= 4 is 32.8 Å². The summed E-state index contributed by atoms with van der Waals surface area (Å²) in [5.74, 6) is 0.229. The van der Waals surface area contributed by atoms with Gasteiger partial charge >= 0.3 is 10.1 Å². The summed E-state index contributed by atoms with van der Waals surface area (Å²) < 4.78 is 34.2. The topological polar surface area (TPSA) is 69.4 Å². The van der Waals surface area contributed by atoms with Crippen molar-refractivity contribution in [1.29, 1.82) is 0 Å². The first kappa shape index (κ1) is 14.9. The average molecular weight is 338 g/mol. The molecule has 0 atom stereocenters. The molecule has 5 nitrogen and oxygen atoms in total. The molecule has 22 heavy (non-hydrogen) atoms. The Morgan fingerprint density at radius 3 is 2.73 bits per heavy atom. The van der Waals surface area contributed by atoms with E-state index in [-0.39, 0.29) is 17.4 Å². The van der Waals surface area contributed by atoms with Gasteiger partial charge in [-0.3, -0.25) is 0 Å². The largest absolute Gasteiger partial charge is 0.436 e.